The molecule has 1 aliphatic rings. The van der Waals surface area contributed by atoms with Crippen molar-refractivity contribution in [3.05, 3.63) is 25.3 Å². The molecule has 0 atom stereocenters. The van der Waals surface area contributed by atoms with E-state index in [-0.39, 0.29) is 0 Å². The lowest BCUT2D eigenvalue weighted by Crippen LogP contribution is -2.33. The van der Waals surface area contributed by atoms with Gasteiger partial charge in [-0.1, -0.05) is 31.7 Å². The summed E-state index contributed by atoms with van der Waals surface area (Å²) in [6, 6.07) is 1.37. The zero-order valence-corrected chi connectivity index (χ0v) is 9.31. The van der Waals surface area contributed by atoms with Gasteiger partial charge in [-0.05, 0) is 25.6 Å². The lowest BCUT2D eigenvalue weighted by molar-refractivity contribution is 0.275. The van der Waals surface area contributed by atoms with Crippen molar-refractivity contribution in [3.63, 3.8) is 0 Å². The van der Waals surface area contributed by atoms with Gasteiger partial charge in [0.15, 0.2) is 8.32 Å². The van der Waals surface area contributed by atoms with Crippen molar-refractivity contribution in [2.45, 2.75) is 32.0 Å². The van der Waals surface area contributed by atoms with Gasteiger partial charge in [-0.3, -0.25) is 0 Å². The highest BCUT2D eigenvalue weighted by Crippen LogP contribution is 2.20. The van der Waals surface area contributed by atoms with Gasteiger partial charge in [0, 0.05) is 6.61 Å². The van der Waals surface area contributed by atoms with Crippen molar-refractivity contribution < 1.29 is 4.43 Å². The van der Waals surface area contributed by atoms with Crippen molar-refractivity contribution in [2.75, 3.05) is 6.61 Å². The van der Waals surface area contributed by atoms with Crippen LogP contribution in [0.25, 0.3) is 0 Å². The largest absolute Gasteiger partial charge is 0.417 e. The Balaban J connectivity index is 0.000000261. The summed E-state index contributed by atoms with van der Waals surface area (Å²) >= 11 is 0. The zero-order valence-electron chi connectivity index (χ0n) is 8.31. The van der Waals surface area contributed by atoms with Gasteiger partial charge in [-0.25, -0.2) is 0 Å². The first-order valence-electron chi connectivity index (χ1n) is 4.50. The lowest BCUT2D eigenvalue weighted by Gasteiger charge is -2.27. The monoisotopic (exact) mass is 184 g/mol. The molecule has 0 aromatic carbocycles. The third-order valence-electron chi connectivity index (χ3n) is 1.83. The summed E-state index contributed by atoms with van der Waals surface area (Å²) in [5.74, 6) is 0. The van der Waals surface area contributed by atoms with Crippen LogP contribution in [0.2, 0.25) is 19.1 Å². The van der Waals surface area contributed by atoms with E-state index in [2.05, 4.69) is 26.3 Å². The fourth-order valence-electron chi connectivity index (χ4n) is 1.07. The first-order chi connectivity index (χ1) is 5.62. The Bertz CT molecular complexity index is 127. The van der Waals surface area contributed by atoms with Crippen molar-refractivity contribution in [1.82, 2.24) is 0 Å². The van der Waals surface area contributed by atoms with Gasteiger partial charge in [-0.15, -0.1) is 0 Å². The molecule has 2 heteroatoms. The summed E-state index contributed by atoms with van der Waals surface area (Å²) in [7, 11) is -1.09. The highest BCUT2D eigenvalue weighted by Gasteiger charge is 2.24. The molecular formula is C10H20OSi. The SMILES string of the molecule is C=CC=C.C[Si]1(C)CCCCO1. The molecule has 1 aliphatic heterocycles. The Hall–Kier alpha value is -0.343. The maximum atomic E-state index is 5.60. The summed E-state index contributed by atoms with van der Waals surface area (Å²) in [5, 5.41) is 0. The van der Waals surface area contributed by atoms with Crippen LogP contribution >= 0.6 is 0 Å². The Morgan fingerprint density at radius 2 is 1.75 bits per heavy atom. The summed E-state index contributed by atoms with van der Waals surface area (Å²) in [5.41, 5.74) is 0. The molecule has 1 saturated heterocycles. The van der Waals surface area contributed by atoms with E-state index >= 15 is 0 Å². The third kappa shape index (κ3) is 6.37. The Labute approximate surface area is 77.3 Å². The molecule has 12 heavy (non-hydrogen) atoms. The Kier molecular flexibility index (Phi) is 6.03. The highest BCUT2D eigenvalue weighted by atomic mass is 28.4. The van der Waals surface area contributed by atoms with Gasteiger partial charge in [0.25, 0.3) is 0 Å². The molecule has 0 bridgehead atoms. The third-order valence-corrected chi connectivity index (χ3v) is 4.38. The minimum Gasteiger partial charge on any atom is -0.417 e. The molecule has 1 heterocycles. The minimum atomic E-state index is -1.09. The van der Waals surface area contributed by atoms with Crippen LogP contribution in [0.1, 0.15) is 12.8 Å². The van der Waals surface area contributed by atoms with Crippen molar-refractivity contribution in [2.24, 2.45) is 0 Å². The van der Waals surface area contributed by atoms with E-state index < -0.39 is 8.32 Å². The van der Waals surface area contributed by atoms with Crippen LogP contribution in [-0.2, 0) is 4.43 Å². The van der Waals surface area contributed by atoms with Crippen molar-refractivity contribution >= 4 is 8.32 Å². The van der Waals surface area contributed by atoms with Gasteiger partial charge >= 0.3 is 0 Å². The zero-order chi connectivity index (χ0) is 9.45. The van der Waals surface area contributed by atoms with E-state index in [1.807, 2.05) is 0 Å². The summed E-state index contributed by atoms with van der Waals surface area (Å²) in [6.45, 7) is 12.3. The average Bonchev–Trinajstić information content (AvgIpc) is 2.05. The van der Waals surface area contributed by atoms with Crippen molar-refractivity contribution in [3.8, 4) is 0 Å². The smallest absolute Gasteiger partial charge is 0.186 e. The van der Waals surface area contributed by atoms with E-state index in [1.165, 1.54) is 18.9 Å². The molecule has 0 aliphatic carbocycles. The minimum absolute atomic E-state index is 1.03. The van der Waals surface area contributed by atoms with Gasteiger partial charge in [-0.2, -0.15) is 0 Å². The van der Waals surface area contributed by atoms with Gasteiger partial charge in [0.05, 0.1) is 0 Å². The van der Waals surface area contributed by atoms with Crippen molar-refractivity contribution in [1.29, 1.82) is 0 Å². The lowest BCUT2D eigenvalue weighted by atomic mass is 10.4. The molecule has 0 amide bonds. The molecule has 0 N–H and O–H groups in total. The number of allylic oxidation sites excluding steroid dienone is 2. The maximum absolute atomic E-state index is 5.60. The van der Waals surface area contributed by atoms with E-state index in [0.717, 1.165) is 6.61 Å². The first-order valence-corrected chi connectivity index (χ1v) is 7.61. The van der Waals surface area contributed by atoms with Crippen LogP contribution in [0.3, 0.4) is 0 Å². The molecular weight excluding hydrogens is 164 g/mol. The maximum Gasteiger partial charge on any atom is 0.186 e. The quantitative estimate of drug-likeness (QED) is 0.448. The predicted molar refractivity (Wildman–Crippen MR) is 57.9 cm³/mol. The molecule has 70 valence electrons. The molecule has 0 unspecified atom stereocenters. The van der Waals surface area contributed by atoms with Crippen LogP contribution in [0.5, 0.6) is 0 Å². The van der Waals surface area contributed by atoms with Crippen LogP contribution in [0, 0.1) is 0 Å². The summed E-state index contributed by atoms with van der Waals surface area (Å²) in [6.07, 6.45) is 5.97. The van der Waals surface area contributed by atoms with E-state index in [1.54, 1.807) is 12.2 Å². The molecule has 1 nitrogen and oxygen atoms in total. The number of rotatable bonds is 1. The van der Waals surface area contributed by atoms with Crippen LogP contribution in [-0.4, -0.2) is 14.9 Å². The summed E-state index contributed by atoms with van der Waals surface area (Å²) in [4.78, 5) is 0. The molecule has 1 rings (SSSR count). The Morgan fingerprint density at radius 3 is 1.92 bits per heavy atom. The van der Waals surface area contributed by atoms with E-state index in [9.17, 15) is 0 Å². The standard InChI is InChI=1S/C6H14OSi.C4H6/c1-8(2)6-4-3-5-7-8;1-3-4-2/h3-6H2,1-2H3;3-4H,1-2H2. The second-order valence-electron chi connectivity index (χ2n) is 3.54. The molecule has 0 radical (unpaired) electrons. The second-order valence-corrected chi connectivity index (χ2v) is 7.84. The second kappa shape index (κ2) is 6.20. The summed E-state index contributed by atoms with van der Waals surface area (Å²) < 4.78 is 5.60. The molecule has 0 aromatic heterocycles. The van der Waals surface area contributed by atoms with E-state index in [4.69, 9.17) is 4.43 Å². The highest BCUT2D eigenvalue weighted by molar-refractivity contribution is 6.71. The molecule has 0 aromatic rings. The average molecular weight is 184 g/mol. The molecule has 1 fully saturated rings. The Morgan fingerprint density at radius 1 is 1.17 bits per heavy atom. The fraction of sp³-hybridized carbons (Fsp3) is 0.600. The first kappa shape index (κ1) is 11.7. The van der Waals surface area contributed by atoms with Crippen LogP contribution in [0.15, 0.2) is 25.3 Å². The molecule has 0 spiro atoms. The molecule has 0 saturated carbocycles. The normalized spacial score (nSPS) is 20.2. The topological polar surface area (TPSA) is 9.23 Å². The predicted octanol–water partition coefficient (Wildman–Crippen LogP) is 3.36. The van der Waals surface area contributed by atoms with Gasteiger partial charge in [0.1, 0.15) is 0 Å². The number of hydrogen-bond donors (Lipinski definition) is 0. The number of hydrogen-bond acceptors (Lipinski definition) is 1. The van der Waals surface area contributed by atoms with Gasteiger partial charge in [0.2, 0.25) is 0 Å². The fourth-order valence-corrected chi connectivity index (χ4v) is 3.02. The van der Waals surface area contributed by atoms with Crippen LogP contribution in [0.4, 0.5) is 0 Å². The van der Waals surface area contributed by atoms with E-state index in [0.29, 0.717) is 0 Å². The van der Waals surface area contributed by atoms with Gasteiger partial charge < -0.3 is 4.43 Å². The van der Waals surface area contributed by atoms with Crippen LogP contribution < -0.4 is 0 Å².